The molecule has 0 aromatic heterocycles. The van der Waals surface area contributed by atoms with Gasteiger partial charge in [-0.25, -0.2) is 0 Å². The number of nitrogen functional groups attached to an aromatic ring is 1. The first-order chi connectivity index (χ1) is 6.16. The summed E-state index contributed by atoms with van der Waals surface area (Å²) in [4.78, 5) is 0. The standard InChI is InChI=1S/C9H11ClN2O/c1-5-4-12-8-2-6(10)7(11)3-9(8)13-5/h2-3,5,12H,4,11H2,1H3. The minimum Gasteiger partial charge on any atom is -0.487 e. The van der Waals surface area contributed by atoms with Gasteiger partial charge >= 0.3 is 0 Å². The zero-order chi connectivity index (χ0) is 9.42. The molecule has 2 rings (SSSR count). The Labute approximate surface area is 81.8 Å². The van der Waals surface area contributed by atoms with Crippen LogP contribution < -0.4 is 15.8 Å². The van der Waals surface area contributed by atoms with Crippen molar-refractivity contribution < 1.29 is 4.74 Å². The molecule has 0 bridgehead atoms. The second-order valence-electron chi connectivity index (χ2n) is 3.18. The van der Waals surface area contributed by atoms with E-state index in [0.29, 0.717) is 10.7 Å². The van der Waals surface area contributed by atoms with Crippen molar-refractivity contribution >= 4 is 23.0 Å². The van der Waals surface area contributed by atoms with Gasteiger partial charge in [-0.05, 0) is 13.0 Å². The highest BCUT2D eigenvalue weighted by Crippen LogP contribution is 2.35. The molecule has 4 heteroatoms. The average molecular weight is 199 g/mol. The first kappa shape index (κ1) is 8.51. The van der Waals surface area contributed by atoms with Crippen LogP contribution >= 0.6 is 11.6 Å². The molecule has 0 radical (unpaired) electrons. The summed E-state index contributed by atoms with van der Waals surface area (Å²) in [5.41, 5.74) is 7.12. The predicted octanol–water partition coefficient (Wildman–Crippen LogP) is 2.11. The van der Waals surface area contributed by atoms with Crippen LogP contribution in [0.3, 0.4) is 0 Å². The maximum atomic E-state index is 5.86. The van der Waals surface area contributed by atoms with Gasteiger partial charge in [-0.2, -0.15) is 0 Å². The van der Waals surface area contributed by atoms with Gasteiger partial charge in [0.1, 0.15) is 11.9 Å². The molecule has 3 nitrogen and oxygen atoms in total. The molecule has 13 heavy (non-hydrogen) atoms. The third-order valence-corrected chi connectivity index (χ3v) is 2.33. The van der Waals surface area contributed by atoms with Crippen molar-refractivity contribution in [3.8, 4) is 5.75 Å². The molecule has 0 spiro atoms. The molecule has 1 heterocycles. The highest BCUT2D eigenvalue weighted by Gasteiger charge is 2.16. The lowest BCUT2D eigenvalue weighted by atomic mass is 10.2. The molecule has 1 unspecified atom stereocenters. The van der Waals surface area contributed by atoms with E-state index in [1.54, 1.807) is 12.1 Å². The van der Waals surface area contributed by atoms with E-state index in [1.807, 2.05) is 6.92 Å². The van der Waals surface area contributed by atoms with Gasteiger partial charge in [0.2, 0.25) is 0 Å². The first-order valence-electron chi connectivity index (χ1n) is 4.16. The molecule has 1 aromatic rings. The van der Waals surface area contributed by atoms with Gasteiger partial charge in [-0.3, -0.25) is 0 Å². The number of benzene rings is 1. The number of rotatable bonds is 0. The van der Waals surface area contributed by atoms with Crippen LogP contribution in [0.25, 0.3) is 0 Å². The van der Waals surface area contributed by atoms with E-state index in [0.717, 1.165) is 18.0 Å². The van der Waals surface area contributed by atoms with Crippen molar-refractivity contribution in [3.63, 3.8) is 0 Å². The summed E-state index contributed by atoms with van der Waals surface area (Å²) in [5.74, 6) is 0.778. The number of nitrogens with one attached hydrogen (secondary N) is 1. The number of ether oxygens (including phenoxy) is 1. The molecular formula is C9H11ClN2O. The number of fused-ring (bicyclic) bond motifs is 1. The number of hydrogen-bond donors (Lipinski definition) is 2. The lowest BCUT2D eigenvalue weighted by Gasteiger charge is -2.25. The highest BCUT2D eigenvalue weighted by molar-refractivity contribution is 6.33. The molecule has 0 fully saturated rings. The molecule has 0 saturated heterocycles. The largest absolute Gasteiger partial charge is 0.487 e. The van der Waals surface area contributed by atoms with Crippen molar-refractivity contribution in [2.75, 3.05) is 17.6 Å². The van der Waals surface area contributed by atoms with E-state index in [2.05, 4.69) is 5.32 Å². The number of hydrogen-bond acceptors (Lipinski definition) is 3. The van der Waals surface area contributed by atoms with Crippen LogP contribution in [0.15, 0.2) is 12.1 Å². The van der Waals surface area contributed by atoms with Crippen LogP contribution in [0.1, 0.15) is 6.92 Å². The van der Waals surface area contributed by atoms with E-state index in [4.69, 9.17) is 22.1 Å². The molecule has 70 valence electrons. The summed E-state index contributed by atoms with van der Waals surface area (Å²) in [6.07, 6.45) is 0.174. The highest BCUT2D eigenvalue weighted by atomic mass is 35.5. The molecule has 1 aliphatic heterocycles. The van der Waals surface area contributed by atoms with Crippen LogP contribution in [0, 0.1) is 0 Å². The normalized spacial score (nSPS) is 20.0. The monoisotopic (exact) mass is 198 g/mol. The lowest BCUT2D eigenvalue weighted by molar-refractivity contribution is 0.226. The maximum Gasteiger partial charge on any atom is 0.145 e. The Hall–Kier alpha value is -1.09. The SMILES string of the molecule is CC1CNc2cc(Cl)c(N)cc2O1. The second kappa shape index (κ2) is 3.00. The van der Waals surface area contributed by atoms with Gasteiger partial charge in [-0.15, -0.1) is 0 Å². The molecule has 1 aromatic carbocycles. The zero-order valence-electron chi connectivity index (χ0n) is 7.30. The van der Waals surface area contributed by atoms with Crippen molar-refractivity contribution in [1.82, 2.24) is 0 Å². The minimum absolute atomic E-state index is 0.174. The molecule has 3 N–H and O–H groups in total. The number of anilines is 2. The number of nitrogens with two attached hydrogens (primary N) is 1. The van der Waals surface area contributed by atoms with Gasteiger partial charge in [0.05, 0.1) is 22.9 Å². The van der Waals surface area contributed by atoms with Gasteiger partial charge < -0.3 is 15.8 Å². The first-order valence-corrected chi connectivity index (χ1v) is 4.54. The summed E-state index contributed by atoms with van der Waals surface area (Å²) in [7, 11) is 0. The molecule has 0 amide bonds. The summed E-state index contributed by atoms with van der Waals surface area (Å²) < 4.78 is 5.57. The third kappa shape index (κ3) is 1.52. The van der Waals surface area contributed by atoms with Crippen molar-refractivity contribution in [2.24, 2.45) is 0 Å². The molecule has 0 aliphatic carbocycles. The van der Waals surface area contributed by atoms with Crippen molar-refractivity contribution in [2.45, 2.75) is 13.0 Å². The Kier molecular flexibility index (Phi) is 1.96. The third-order valence-electron chi connectivity index (χ3n) is 2.01. The summed E-state index contributed by atoms with van der Waals surface area (Å²) in [6.45, 7) is 2.80. The minimum atomic E-state index is 0.174. The fourth-order valence-corrected chi connectivity index (χ4v) is 1.48. The Morgan fingerprint density at radius 3 is 3.15 bits per heavy atom. The van der Waals surface area contributed by atoms with Crippen molar-refractivity contribution in [1.29, 1.82) is 0 Å². The molecular weight excluding hydrogens is 188 g/mol. The van der Waals surface area contributed by atoms with Crippen LogP contribution in [-0.4, -0.2) is 12.6 Å². The summed E-state index contributed by atoms with van der Waals surface area (Å²) in [5, 5.41) is 3.78. The quantitative estimate of drug-likeness (QED) is 0.628. The Morgan fingerprint density at radius 2 is 2.38 bits per heavy atom. The van der Waals surface area contributed by atoms with Crippen LogP contribution in [0.2, 0.25) is 5.02 Å². The lowest BCUT2D eigenvalue weighted by Crippen LogP contribution is -2.27. The molecule has 1 aliphatic rings. The van der Waals surface area contributed by atoms with E-state index >= 15 is 0 Å². The fourth-order valence-electron chi connectivity index (χ4n) is 1.32. The molecule has 1 atom stereocenters. The Bertz CT molecular complexity index is 341. The predicted molar refractivity (Wildman–Crippen MR) is 54.4 cm³/mol. The smallest absolute Gasteiger partial charge is 0.145 e. The number of halogens is 1. The van der Waals surface area contributed by atoms with Crippen LogP contribution in [0.4, 0.5) is 11.4 Å². The topological polar surface area (TPSA) is 47.3 Å². The van der Waals surface area contributed by atoms with E-state index in [-0.39, 0.29) is 6.10 Å². The van der Waals surface area contributed by atoms with E-state index < -0.39 is 0 Å². The molecule has 0 saturated carbocycles. The van der Waals surface area contributed by atoms with E-state index in [1.165, 1.54) is 0 Å². The summed E-state index contributed by atoms with van der Waals surface area (Å²) in [6, 6.07) is 3.54. The van der Waals surface area contributed by atoms with Crippen LogP contribution in [-0.2, 0) is 0 Å². The van der Waals surface area contributed by atoms with Gasteiger partial charge in [-0.1, -0.05) is 11.6 Å². The fraction of sp³-hybridized carbons (Fsp3) is 0.333. The van der Waals surface area contributed by atoms with Gasteiger partial charge in [0.25, 0.3) is 0 Å². The van der Waals surface area contributed by atoms with Gasteiger partial charge in [0.15, 0.2) is 0 Å². The van der Waals surface area contributed by atoms with E-state index in [9.17, 15) is 0 Å². The van der Waals surface area contributed by atoms with Gasteiger partial charge in [0, 0.05) is 6.07 Å². The second-order valence-corrected chi connectivity index (χ2v) is 3.59. The Balaban J connectivity index is 2.43. The average Bonchev–Trinajstić information content (AvgIpc) is 2.08. The Morgan fingerprint density at radius 1 is 1.62 bits per heavy atom. The van der Waals surface area contributed by atoms with Crippen LogP contribution in [0.5, 0.6) is 5.75 Å². The zero-order valence-corrected chi connectivity index (χ0v) is 8.06. The maximum absolute atomic E-state index is 5.86. The summed E-state index contributed by atoms with van der Waals surface area (Å²) >= 11 is 5.86. The van der Waals surface area contributed by atoms with Crippen molar-refractivity contribution in [3.05, 3.63) is 17.2 Å².